The zero-order valence-electron chi connectivity index (χ0n) is 11.5. The molecule has 19 heavy (non-hydrogen) atoms. The molecule has 106 valence electrons. The molecule has 0 spiro atoms. The van der Waals surface area contributed by atoms with Crippen LogP contribution >= 0.6 is 15.9 Å². The molecule has 1 aromatic carbocycles. The molecular formula is C14H20BrNO3. The largest absolute Gasteiger partial charge is 0.396 e. The van der Waals surface area contributed by atoms with E-state index in [4.69, 9.17) is 0 Å². The SMILES string of the molecule is Cc1ccc(Br)cc1C(=O)N(C)CC(C)(CO)CO. The summed E-state index contributed by atoms with van der Waals surface area (Å²) >= 11 is 3.35. The molecule has 1 rings (SSSR count). The highest BCUT2D eigenvalue weighted by molar-refractivity contribution is 9.10. The van der Waals surface area contributed by atoms with E-state index in [1.807, 2.05) is 19.1 Å². The van der Waals surface area contributed by atoms with Crippen LogP contribution in [0.5, 0.6) is 0 Å². The highest BCUT2D eigenvalue weighted by Gasteiger charge is 2.27. The number of nitrogens with zero attached hydrogens (tertiary/aromatic N) is 1. The Balaban J connectivity index is 2.91. The second-order valence-corrected chi connectivity index (χ2v) is 6.16. The number of aliphatic hydroxyl groups excluding tert-OH is 2. The van der Waals surface area contributed by atoms with Crippen molar-refractivity contribution in [2.75, 3.05) is 26.8 Å². The summed E-state index contributed by atoms with van der Waals surface area (Å²) in [6.07, 6.45) is 0. The summed E-state index contributed by atoms with van der Waals surface area (Å²) < 4.78 is 0.849. The molecule has 1 amide bonds. The minimum absolute atomic E-state index is 0.119. The van der Waals surface area contributed by atoms with Crippen LogP contribution in [0.25, 0.3) is 0 Å². The van der Waals surface area contributed by atoms with E-state index < -0.39 is 5.41 Å². The average molecular weight is 330 g/mol. The number of halogens is 1. The zero-order chi connectivity index (χ0) is 14.6. The van der Waals surface area contributed by atoms with Crippen molar-refractivity contribution in [3.63, 3.8) is 0 Å². The Kier molecular flexibility index (Phi) is 5.52. The molecule has 0 unspecified atom stereocenters. The number of hydrogen-bond donors (Lipinski definition) is 2. The molecule has 5 heteroatoms. The van der Waals surface area contributed by atoms with Crippen LogP contribution in [0, 0.1) is 12.3 Å². The third-order valence-electron chi connectivity index (χ3n) is 3.16. The van der Waals surface area contributed by atoms with Crippen molar-refractivity contribution in [3.8, 4) is 0 Å². The molecule has 0 aliphatic rings. The van der Waals surface area contributed by atoms with E-state index in [0.29, 0.717) is 12.1 Å². The van der Waals surface area contributed by atoms with Gasteiger partial charge in [-0.3, -0.25) is 4.79 Å². The summed E-state index contributed by atoms with van der Waals surface area (Å²) in [5, 5.41) is 18.6. The van der Waals surface area contributed by atoms with E-state index in [1.54, 1.807) is 20.0 Å². The monoisotopic (exact) mass is 329 g/mol. The first kappa shape index (κ1) is 16.1. The van der Waals surface area contributed by atoms with E-state index in [9.17, 15) is 15.0 Å². The molecule has 0 aromatic heterocycles. The quantitative estimate of drug-likeness (QED) is 0.866. The van der Waals surface area contributed by atoms with Crippen molar-refractivity contribution in [2.24, 2.45) is 5.41 Å². The maximum atomic E-state index is 12.4. The van der Waals surface area contributed by atoms with E-state index in [-0.39, 0.29) is 19.1 Å². The molecule has 0 atom stereocenters. The standard InChI is InChI=1S/C14H20BrNO3/c1-10-4-5-11(15)6-12(10)13(19)16(3)7-14(2,8-17)9-18/h4-6,17-18H,7-9H2,1-3H3. The van der Waals surface area contributed by atoms with Crippen molar-refractivity contribution in [2.45, 2.75) is 13.8 Å². The predicted octanol–water partition coefficient (Wildman–Crippen LogP) is 1.82. The number of carbonyl (C=O) groups is 1. The van der Waals surface area contributed by atoms with Crippen molar-refractivity contribution in [1.82, 2.24) is 4.90 Å². The second kappa shape index (κ2) is 6.50. The molecule has 0 aliphatic heterocycles. The van der Waals surface area contributed by atoms with Gasteiger partial charge in [0.2, 0.25) is 0 Å². The number of carbonyl (C=O) groups excluding carboxylic acids is 1. The number of aryl methyl sites for hydroxylation is 1. The van der Waals surface area contributed by atoms with Gasteiger partial charge in [0.05, 0.1) is 13.2 Å². The Hall–Kier alpha value is -0.910. The van der Waals surface area contributed by atoms with Crippen molar-refractivity contribution in [3.05, 3.63) is 33.8 Å². The van der Waals surface area contributed by atoms with Crippen molar-refractivity contribution < 1.29 is 15.0 Å². The summed E-state index contributed by atoms with van der Waals surface area (Å²) in [7, 11) is 1.67. The average Bonchev–Trinajstić information content (AvgIpc) is 2.40. The minimum atomic E-state index is -0.690. The predicted molar refractivity (Wildman–Crippen MR) is 78.1 cm³/mol. The van der Waals surface area contributed by atoms with E-state index in [0.717, 1.165) is 10.0 Å². The van der Waals surface area contributed by atoms with Crippen LogP contribution in [0.15, 0.2) is 22.7 Å². The van der Waals surface area contributed by atoms with E-state index in [2.05, 4.69) is 15.9 Å². The number of aliphatic hydroxyl groups is 2. The van der Waals surface area contributed by atoms with Crippen LogP contribution in [0.1, 0.15) is 22.8 Å². The topological polar surface area (TPSA) is 60.8 Å². The maximum absolute atomic E-state index is 12.4. The number of benzene rings is 1. The van der Waals surface area contributed by atoms with Crippen molar-refractivity contribution >= 4 is 21.8 Å². The lowest BCUT2D eigenvalue weighted by Gasteiger charge is -2.30. The lowest BCUT2D eigenvalue weighted by molar-refractivity contribution is 0.0366. The fraction of sp³-hybridized carbons (Fsp3) is 0.500. The van der Waals surface area contributed by atoms with Gasteiger partial charge >= 0.3 is 0 Å². The van der Waals surface area contributed by atoms with Crippen LogP contribution in [-0.2, 0) is 0 Å². The molecule has 0 radical (unpaired) electrons. The van der Waals surface area contributed by atoms with Gasteiger partial charge in [-0.25, -0.2) is 0 Å². The molecule has 0 heterocycles. The Morgan fingerprint density at radius 1 is 1.37 bits per heavy atom. The van der Waals surface area contributed by atoms with Crippen LogP contribution in [-0.4, -0.2) is 47.8 Å². The summed E-state index contributed by atoms with van der Waals surface area (Å²) in [5.74, 6) is -0.119. The first-order chi connectivity index (χ1) is 8.83. The van der Waals surface area contributed by atoms with Gasteiger partial charge in [0.15, 0.2) is 0 Å². The molecular weight excluding hydrogens is 310 g/mol. The fourth-order valence-electron chi connectivity index (χ4n) is 1.82. The van der Waals surface area contributed by atoms with Gasteiger partial charge in [0.1, 0.15) is 0 Å². The number of amides is 1. The smallest absolute Gasteiger partial charge is 0.253 e. The molecule has 0 fully saturated rings. The second-order valence-electron chi connectivity index (χ2n) is 5.25. The van der Waals surface area contributed by atoms with Gasteiger partial charge in [-0.05, 0) is 24.6 Å². The molecule has 1 aromatic rings. The van der Waals surface area contributed by atoms with Gasteiger partial charge in [0, 0.05) is 29.0 Å². The Bertz CT molecular complexity index is 458. The van der Waals surface area contributed by atoms with Crippen molar-refractivity contribution in [1.29, 1.82) is 0 Å². The third-order valence-corrected chi connectivity index (χ3v) is 3.65. The Morgan fingerprint density at radius 2 is 1.95 bits per heavy atom. The lowest BCUT2D eigenvalue weighted by atomic mass is 9.92. The molecule has 0 aliphatic carbocycles. The Labute approximate surface area is 122 Å². The molecule has 0 bridgehead atoms. The number of hydrogen-bond acceptors (Lipinski definition) is 3. The van der Waals surface area contributed by atoms with Gasteiger partial charge in [0.25, 0.3) is 5.91 Å². The molecule has 0 saturated carbocycles. The molecule has 0 saturated heterocycles. The van der Waals surface area contributed by atoms with E-state index >= 15 is 0 Å². The van der Waals surface area contributed by atoms with Crippen LogP contribution in [0.4, 0.5) is 0 Å². The zero-order valence-corrected chi connectivity index (χ0v) is 13.1. The van der Waals surface area contributed by atoms with Gasteiger partial charge in [-0.2, -0.15) is 0 Å². The van der Waals surface area contributed by atoms with Crippen LogP contribution < -0.4 is 0 Å². The van der Waals surface area contributed by atoms with Crippen LogP contribution in [0.2, 0.25) is 0 Å². The van der Waals surface area contributed by atoms with Gasteiger partial charge < -0.3 is 15.1 Å². The summed E-state index contributed by atoms with van der Waals surface area (Å²) in [5.41, 5.74) is 0.828. The fourth-order valence-corrected chi connectivity index (χ4v) is 2.19. The summed E-state index contributed by atoms with van der Waals surface area (Å²) in [4.78, 5) is 13.9. The van der Waals surface area contributed by atoms with Crippen LogP contribution in [0.3, 0.4) is 0 Å². The first-order valence-corrected chi connectivity index (χ1v) is 6.85. The highest BCUT2D eigenvalue weighted by Crippen LogP contribution is 2.20. The normalized spacial score (nSPS) is 11.5. The third kappa shape index (κ3) is 4.03. The number of rotatable bonds is 5. The van der Waals surface area contributed by atoms with E-state index in [1.165, 1.54) is 4.90 Å². The minimum Gasteiger partial charge on any atom is -0.396 e. The highest BCUT2D eigenvalue weighted by atomic mass is 79.9. The van der Waals surface area contributed by atoms with Gasteiger partial charge in [-0.1, -0.05) is 28.9 Å². The lowest BCUT2D eigenvalue weighted by Crippen LogP contribution is -2.41. The summed E-state index contributed by atoms with van der Waals surface area (Å²) in [6, 6.07) is 5.55. The first-order valence-electron chi connectivity index (χ1n) is 6.06. The molecule has 2 N–H and O–H groups in total. The molecule has 4 nitrogen and oxygen atoms in total. The van der Waals surface area contributed by atoms with Gasteiger partial charge in [-0.15, -0.1) is 0 Å². The maximum Gasteiger partial charge on any atom is 0.253 e. The summed E-state index contributed by atoms with van der Waals surface area (Å²) in [6.45, 7) is 3.58. The Morgan fingerprint density at radius 3 is 2.47 bits per heavy atom.